The molecule has 0 aliphatic rings. The minimum absolute atomic E-state index is 0.0889. The highest BCUT2D eigenvalue weighted by Crippen LogP contribution is 2.29. The van der Waals surface area contributed by atoms with Crippen LogP contribution in [0.15, 0.2) is 60.9 Å². The molecular weight excluding hydrogens is 347 g/mol. The average molecular weight is 361 g/mol. The van der Waals surface area contributed by atoms with Gasteiger partial charge in [0, 0.05) is 11.6 Å². The third-order valence-electron chi connectivity index (χ3n) is 3.61. The fourth-order valence-electron chi connectivity index (χ4n) is 2.32. The third-order valence-corrected chi connectivity index (χ3v) is 3.61. The number of rotatable bonds is 4. The molecule has 0 fully saturated rings. The van der Waals surface area contributed by atoms with Crippen LogP contribution in [0.3, 0.4) is 0 Å². The van der Waals surface area contributed by atoms with Crippen LogP contribution in [0.25, 0.3) is 5.69 Å². The number of halogens is 3. The van der Waals surface area contributed by atoms with Gasteiger partial charge in [0.25, 0.3) is 5.91 Å². The van der Waals surface area contributed by atoms with E-state index in [1.807, 2.05) is 0 Å². The lowest BCUT2D eigenvalue weighted by molar-refractivity contribution is -0.137. The molecule has 134 valence electrons. The van der Waals surface area contributed by atoms with Gasteiger partial charge in [-0.15, -0.1) is 0 Å². The van der Waals surface area contributed by atoms with E-state index < -0.39 is 17.6 Å². The largest absolute Gasteiger partial charge is 0.497 e. The van der Waals surface area contributed by atoms with Crippen molar-refractivity contribution in [1.82, 2.24) is 9.78 Å². The third kappa shape index (κ3) is 3.85. The van der Waals surface area contributed by atoms with Crippen LogP contribution in [0.4, 0.5) is 18.9 Å². The van der Waals surface area contributed by atoms with Crippen LogP contribution in [-0.2, 0) is 6.18 Å². The van der Waals surface area contributed by atoms with Crippen LogP contribution in [0.5, 0.6) is 5.75 Å². The van der Waals surface area contributed by atoms with Crippen molar-refractivity contribution in [3.63, 3.8) is 0 Å². The minimum atomic E-state index is -4.51. The van der Waals surface area contributed by atoms with E-state index in [9.17, 15) is 18.0 Å². The molecule has 0 aliphatic heterocycles. The van der Waals surface area contributed by atoms with Crippen LogP contribution in [0.1, 0.15) is 15.9 Å². The van der Waals surface area contributed by atoms with E-state index in [0.29, 0.717) is 17.1 Å². The Morgan fingerprint density at radius 3 is 2.65 bits per heavy atom. The van der Waals surface area contributed by atoms with Gasteiger partial charge in [-0.2, -0.15) is 18.3 Å². The summed E-state index contributed by atoms with van der Waals surface area (Å²) in [6.07, 6.45) is -1.54. The standard InChI is InChI=1S/C18H14F3N3O2/c1-26-16-7-3-6-15(9-16)24-11-14(10-22-24)23-17(25)12-4-2-5-13(8-12)18(19,20)21/h2-11H,1H3,(H,23,25). The number of aromatic nitrogens is 2. The average Bonchev–Trinajstić information content (AvgIpc) is 3.09. The van der Waals surface area contributed by atoms with Gasteiger partial charge < -0.3 is 10.1 Å². The van der Waals surface area contributed by atoms with Crippen LogP contribution in [-0.4, -0.2) is 22.8 Å². The molecule has 3 aromatic rings. The zero-order valence-electron chi connectivity index (χ0n) is 13.6. The number of carbonyl (C=O) groups is 1. The van der Waals surface area contributed by atoms with Gasteiger partial charge in [-0.05, 0) is 30.3 Å². The molecule has 0 spiro atoms. The Balaban J connectivity index is 1.78. The fraction of sp³-hybridized carbons (Fsp3) is 0.111. The summed E-state index contributed by atoms with van der Waals surface area (Å²) in [7, 11) is 1.54. The van der Waals surface area contributed by atoms with Crippen molar-refractivity contribution >= 4 is 11.6 Å². The molecule has 26 heavy (non-hydrogen) atoms. The summed E-state index contributed by atoms with van der Waals surface area (Å²) in [6, 6.07) is 11.4. The van der Waals surface area contributed by atoms with E-state index in [2.05, 4.69) is 10.4 Å². The summed E-state index contributed by atoms with van der Waals surface area (Å²) < 4.78 is 44.9. The second-order valence-corrected chi connectivity index (χ2v) is 5.41. The molecule has 0 atom stereocenters. The molecule has 1 N–H and O–H groups in total. The Morgan fingerprint density at radius 1 is 1.15 bits per heavy atom. The first-order valence-corrected chi connectivity index (χ1v) is 7.54. The highest BCUT2D eigenvalue weighted by molar-refractivity contribution is 6.04. The number of carbonyl (C=O) groups excluding carboxylic acids is 1. The highest BCUT2D eigenvalue weighted by atomic mass is 19.4. The number of nitrogens with zero attached hydrogens (tertiary/aromatic N) is 2. The van der Waals surface area contributed by atoms with Crippen molar-refractivity contribution < 1.29 is 22.7 Å². The summed E-state index contributed by atoms with van der Waals surface area (Å²) in [5, 5.41) is 6.67. The van der Waals surface area contributed by atoms with E-state index in [4.69, 9.17) is 4.74 Å². The Labute approximate surface area is 147 Å². The van der Waals surface area contributed by atoms with E-state index >= 15 is 0 Å². The fourth-order valence-corrected chi connectivity index (χ4v) is 2.32. The highest BCUT2D eigenvalue weighted by Gasteiger charge is 2.30. The van der Waals surface area contributed by atoms with Gasteiger partial charge in [0.2, 0.25) is 0 Å². The topological polar surface area (TPSA) is 56.1 Å². The first-order valence-electron chi connectivity index (χ1n) is 7.54. The molecule has 8 heteroatoms. The molecule has 1 amide bonds. The number of alkyl halides is 3. The molecule has 3 rings (SSSR count). The van der Waals surface area contributed by atoms with Crippen molar-refractivity contribution in [2.45, 2.75) is 6.18 Å². The van der Waals surface area contributed by atoms with E-state index in [1.165, 1.54) is 23.0 Å². The van der Waals surface area contributed by atoms with Crippen LogP contribution in [0.2, 0.25) is 0 Å². The molecule has 0 unspecified atom stereocenters. The second kappa shape index (κ2) is 6.91. The first kappa shape index (κ1) is 17.5. The summed E-state index contributed by atoms with van der Waals surface area (Å²) >= 11 is 0. The predicted octanol–water partition coefficient (Wildman–Crippen LogP) is 4.15. The summed E-state index contributed by atoms with van der Waals surface area (Å²) in [6.45, 7) is 0. The summed E-state index contributed by atoms with van der Waals surface area (Å²) in [5.41, 5.74) is 0.102. The Bertz CT molecular complexity index is 935. The van der Waals surface area contributed by atoms with Gasteiger partial charge in [0.15, 0.2) is 0 Å². The maximum atomic E-state index is 12.8. The van der Waals surface area contributed by atoms with Crippen molar-refractivity contribution in [2.24, 2.45) is 0 Å². The Morgan fingerprint density at radius 2 is 1.92 bits per heavy atom. The number of nitrogens with one attached hydrogen (secondary N) is 1. The molecule has 0 bridgehead atoms. The van der Waals surface area contributed by atoms with Gasteiger partial charge >= 0.3 is 6.18 Å². The van der Waals surface area contributed by atoms with Crippen LogP contribution >= 0.6 is 0 Å². The van der Waals surface area contributed by atoms with Gasteiger partial charge in [-0.1, -0.05) is 12.1 Å². The zero-order chi connectivity index (χ0) is 18.7. The number of amides is 1. The SMILES string of the molecule is COc1cccc(-n2cc(NC(=O)c3cccc(C(F)(F)F)c3)cn2)c1. The lowest BCUT2D eigenvalue weighted by atomic mass is 10.1. The zero-order valence-corrected chi connectivity index (χ0v) is 13.6. The van der Waals surface area contributed by atoms with Crippen molar-refractivity contribution in [3.05, 3.63) is 72.1 Å². The van der Waals surface area contributed by atoms with Gasteiger partial charge in [-0.25, -0.2) is 4.68 Å². The maximum absolute atomic E-state index is 12.8. The Kier molecular flexibility index (Phi) is 4.66. The molecular formula is C18H14F3N3O2. The lowest BCUT2D eigenvalue weighted by Gasteiger charge is -2.08. The number of anilines is 1. The van der Waals surface area contributed by atoms with E-state index in [-0.39, 0.29) is 5.56 Å². The Hall–Kier alpha value is -3.29. The van der Waals surface area contributed by atoms with Crippen LogP contribution < -0.4 is 10.1 Å². The number of hydrogen-bond acceptors (Lipinski definition) is 3. The monoisotopic (exact) mass is 361 g/mol. The summed E-state index contributed by atoms with van der Waals surface area (Å²) in [5.74, 6) is -0.00570. The molecule has 1 aromatic heterocycles. The number of methoxy groups -OCH3 is 1. The molecule has 2 aromatic carbocycles. The van der Waals surface area contributed by atoms with Gasteiger partial charge in [0.1, 0.15) is 5.75 Å². The quantitative estimate of drug-likeness (QED) is 0.759. The predicted molar refractivity (Wildman–Crippen MR) is 89.5 cm³/mol. The molecule has 5 nitrogen and oxygen atoms in total. The van der Waals surface area contributed by atoms with Crippen molar-refractivity contribution in [1.29, 1.82) is 0 Å². The van der Waals surface area contributed by atoms with Crippen LogP contribution in [0, 0.1) is 0 Å². The number of benzene rings is 2. The van der Waals surface area contributed by atoms with Crippen molar-refractivity contribution in [2.75, 3.05) is 12.4 Å². The molecule has 0 aliphatic carbocycles. The molecule has 0 saturated carbocycles. The van der Waals surface area contributed by atoms with Gasteiger partial charge in [-0.3, -0.25) is 4.79 Å². The summed E-state index contributed by atoms with van der Waals surface area (Å²) in [4.78, 5) is 12.2. The van der Waals surface area contributed by atoms with Gasteiger partial charge in [0.05, 0.1) is 36.4 Å². The minimum Gasteiger partial charge on any atom is -0.497 e. The lowest BCUT2D eigenvalue weighted by Crippen LogP contribution is -2.13. The number of ether oxygens (including phenoxy) is 1. The molecule has 0 saturated heterocycles. The first-order chi connectivity index (χ1) is 12.4. The van der Waals surface area contributed by atoms with E-state index in [1.54, 1.807) is 37.6 Å². The molecule has 1 heterocycles. The van der Waals surface area contributed by atoms with Crippen molar-refractivity contribution in [3.8, 4) is 11.4 Å². The second-order valence-electron chi connectivity index (χ2n) is 5.41. The van der Waals surface area contributed by atoms with E-state index in [0.717, 1.165) is 12.1 Å². The smallest absolute Gasteiger partial charge is 0.416 e. The number of hydrogen-bond donors (Lipinski definition) is 1. The maximum Gasteiger partial charge on any atom is 0.416 e. The normalized spacial score (nSPS) is 11.2. The molecule has 0 radical (unpaired) electrons.